The number of carbonyl (C=O) groups excluding carboxylic acids is 2. The second kappa shape index (κ2) is 7.33. The van der Waals surface area contributed by atoms with E-state index in [0.717, 1.165) is 25.9 Å². The molecule has 1 aliphatic heterocycles. The maximum atomic E-state index is 12.2. The van der Waals surface area contributed by atoms with Crippen molar-refractivity contribution < 1.29 is 9.59 Å². The third-order valence-electron chi connectivity index (χ3n) is 3.88. The third-order valence-corrected chi connectivity index (χ3v) is 3.88. The van der Waals surface area contributed by atoms with Crippen LogP contribution in [0.2, 0.25) is 0 Å². The summed E-state index contributed by atoms with van der Waals surface area (Å²) in [5, 5.41) is 2.84. The van der Waals surface area contributed by atoms with Crippen molar-refractivity contribution >= 4 is 17.4 Å². The van der Waals surface area contributed by atoms with Gasteiger partial charge in [-0.2, -0.15) is 0 Å². The molecule has 1 amide bonds. The second-order valence-electron chi connectivity index (χ2n) is 5.63. The van der Waals surface area contributed by atoms with Crippen LogP contribution >= 0.6 is 0 Å². The van der Waals surface area contributed by atoms with Gasteiger partial charge < -0.3 is 11.1 Å². The van der Waals surface area contributed by atoms with Crippen LogP contribution in [0, 0.1) is 5.92 Å². The van der Waals surface area contributed by atoms with Crippen LogP contribution in [0.25, 0.3) is 0 Å². The Hall–Kier alpha value is -1.72. The number of rotatable bonds is 5. The van der Waals surface area contributed by atoms with E-state index in [0.29, 0.717) is 30.3 Å². The molecule has 1 atom stereocenters. The Bertz CT molecular complexity index is 516. The lowest BCUT2D eigenvalue weighted by Gasteiger charge is -2.31. The van der Waals surface area contributed by atoms with Crippen LogP contribution in [-0.2, 0) is 4.79 Å². The highest BCUT2D eigenvalue weighted by atomic mass is 16.2. The van der Waals surface area contributed by atoms with Crippen LogP contribution in [-0.4, -0.2) is 42.8 Å². The van der Waals surface area contributed by atoms with Crippen LogP contribution in [0.3, 0.4) is 0 Å². The molecule has 5 heteroatoms. The van der Waals surface area contributed by atoms with Crippen molar-refractivity contribution in [3.8, 4) is 0 Å². The standard InChI is InChI=1S/C16H23N3O2/c1-12(20)14-6-2-3-7-15(14)18-16(21)11-19-8-4-5-13(9-17)10-19/h2-3,6-7,13H,4-5,8-11,17H2,1H3,(H,18,21). The number of carbonyl (C=O) groups is 2. The van der Waals surface area contributed by atoms with Gasteiger partial charge in [0.05, 0.1) is 12.2 Å². The molecular weight excluding hydrogens is 266 g/mol. The molecule has 0 spiro atoms. The molecule has 1 fully saturated rings. The van der Waals surface area contributed by atoms with Gasteiger partial charge in [-0.15, -0.1) is 0 Å². The quantitative estimate of drug-likeness (QED) is 0.805. The molecule has 3 N–H and O–H groups in total. The van der Waals surface area contributed by atoms with Crippen LogP contribution in [0.5, 0.6) is 0 Å². The summed E-state index contributed by atoms with van der Waals surface area (Å²) in [5.41, 5.74) is 6.84. The molecule has 2 rings (SSSR count). The smallest absolute Gasteiger partial charge is 0.238 e. The van der Waals surface area contributed by atoms with Crippen molar-refractivity contribution in [2.45, 2.75) is 19.8 Å². The first-order valence-electron chi connectivity index (χ1n) is 7.42. The van der Waals surface area contributed by atoms with E-state index in [1.165, 1.54) is 6.92 Å². The molecule has 1 saturated heterocycles. The highest BCUT2D eigenvalue weighted by Gasteiger charge is 2.21. The number of benzene rings is 1. The molecule has 21 heavy (non-hydrogen) atoms. The number of ketones is 1. The summed E-state index contributed by atoms with van der Waals surface area (Å²) in [4.78, 5) is 25.8. The Morgan fingerprint density at radius 1 is 1.38 bits per heavy atom. The van der Waals surface area contributed by atoms with Gasteiger partial charge >= 0.3 is 0 Å². The van der Waals surface area contributed by atoms with Crippen LogP contribution < -0.4 is 11.1 Å². The summed E-state index contributed by atoms with van der Waals surface area (Å²) in [6.07, 6.45) is 2.22. The molecule has 5 nitrogen and oxygen atoms in total. The van der Waals surface area contributed by atoms with Gasteiger partial charge in [0, 0.05) is 12.1 Å². The fourth-order valence-corrected chi connectivity index (χ4v) is 2.78. The SMILES string of the molecule is CC(=O)c1ccccc1NC(=O)CN1CCCC(CN)C1. The zero-order chi connectivity index (χ0) is 15.2. The van der Waals surface area contributed by atoms with Crippen molar-refractivity contribution in [2.24, 2.45) is 11.7 Å². The Kier molecular flexibility index (Phi) is 5.47. The molecule has 1 aliphatic rings. The second-order valence-corrected chi connectivity index (χ2v) is 5.63. The normalized spacial score (nSPS) is 19.2. The average Bonchev–Trinajstić information content (AvgIpc) is 2.47. The minimum absolute atomic E-state index is 0.0490. The van der Waals surface area contributed by atoms with E-state index in [1.54, 1.807) is 18.2 Å². The van der Waals surface area contributed by atoms with E-state index < -0.39 is 0 Å². The Labute approximate surface area is 125 Å². The molecule has 0 aromatic heterocycles. The molecule has 1 aromatic carbocycles. The van der Waals surface area contributed by atoms with E-state index in [1.807, 2.05) is 6.07 Å². The summed E-state index contributed by atoms with van der Waals surface area (Å²) in [5.74, 6) is 0.351. The third kappa shape index (κ3) is 4.37. The average molecular weight is 289 g/mol. The van der Waals surface area contributed by atoms with Gasteiger partial charge in [-0.1, -0.05) is 12.1 Å². The number of nitrogens with two attached hydrogens (primary N) is 1. The van der Waals surface area contributed by atoms with Gasteiger partial charge in [-0.25, -0.2) is 0 Å². The largest absolute Gasteiger partial charge is 0.330 e. The summed E-state index contributed by atoms with van der Waals surface area (Å²) < 4.78 is 0. The Morgan fingerprint density at radius 2 is 2.14 bits per heavy atom. The molecule has 0 bridgehead atoms. The van der Waals surface area contributed by atoms with Gasteiger partial charge in [0.25, 0.3) is 0 Å². The fourth-order valence-electron chi connectivity index (χ4n) is 2.78. The van der Waals surface area contributed by atoms with E-state index in [-0.39, 0.29) is 11.7 Å². The summed E-state index contributed by atoms with van der Waals surface area (Å²) in [6.45, 7) is 4.33. The minimum Gasteiger partial charge on any atom is -0.330 e. The van der Waals surface area contributed by atoms with Crippen molar-refractivity contribution in [3.05, 3.63) is 29.8 Å². The van der Waals surface area contributed by atoms with E-state index in [9.17, 15) is 9.59 Å². The van der Waals surface area contributed by atoms with Crippen molar-refractivity contribution in [1.82, 2.24) is 4.90 Å². The number of nitrogens with zero attached hydrogens (tertiary/aromatic N) is 1. The predicted molar refractivity (Wildman–Crippen MR) is 83.3 cm³/mol. The Balaban J connectivity index is 1.94. The zero-order valence-electron chi connectivity index (χ0n) is 12.5. The topological polar surface area (TPSA) is 75.4 Å². The molecule has 0 aliphatic carbocycles. The maximum Gasteiger partial charge on any atom is 0.238 e. The molecule has 0 radical (unpaired) electrons. The molecule has 1 unspecified atom stereocenters. The van der Waals surface area contributed by atoms with Gasteiger partial charge in [0.15, 0.2) is 5.78 Å². The van der Waals surface area contributed by atoms with E-state index in [2.05, 4.69) is 10.2 Å². The predicted octanol–water partition coefficient (Wildman–Crippen LogP) is 1.50. The molecular formula is C16H23N3O2. The van der Waals surface area contributed by atoms with Crippen molar-refractivity contribution in [1.29, 1.82) is 0 Å². The molecule has 114 valence electrons. The van der Waals surface area contributed by atoms with Gasteiger partial charge in [-0.05, 0) is 50.9 Å². The number of piperidine rings is 1. The van der Waals surface area contributed by atoms with Gasteiger partial charge in [-0.3, -0.25) is 14.5 Å². The summed E-state index contributed by atoms with van der Waals surface area (Å²) in [6, 6.07) is 7.09. The van der Waals surface area contributed by atoms with E-state index in [4.69, 9.17) is 5.73 Å². The van der Waals surface area contributed by atoms with Crippen molar-refractivity contribution in [2.75, 3.05) is 31.5 Å². The summed E-state index contributed by atoms with van der Waals surface area (Å²) >= 11 is 0. The fraction of sp³-hybridized carbons (Fsp3) is 0.500. The lowest BCUT2D eigenvalue weighted by Crippen LogP contribution is -2.42. The number of likely N-dealkylation sites (tertiary alicyclic amines) is 1. The van der Waals surface area contributed by atoms with Crippen LogP contribution in [0.1, 0.15) is 30.1 Å². The van der Waals surface area contributed by atoms with Crippen LogP contribution in [0.4, 0.5) is 5.69 Å². The number of amides is 1. The lowest BCUT2D eigenvalue weighted by molar-refractivity contribution is -0.117. The maximum absolute atomic E-state index is 12.2. The number of anilines is 1. The van der Waals surface area contributed by atoms with E-state index >= 15 is 0 Å². The van der Waals surface area contributed by atoms with Gasteiger partial charge in [0.2, 0.25) is 5.91 Å². The monoisotopic (exact) mass is 289 g/mol. The van der Waals surface area contributed by atoms with Gasteiger partial charge in [0.1, 0.15) is 0 Å². The first-order chi connectivity index (χ1) is 10.1. The highest BCUT2D eigenvalue weighted by Crippen LogP contribution is 2.17. The number of nitrogens with one attached hydrogen (secondary N) is 1. The van der Waals surface area contributed by atoms with Crippen LogP contribution in [0.15, 0.2) is 24.3 Å². The number of para-hydroxylation sites is 1. The first-order valence-corrected chi connectivity index (χ1v) is 7.42. The number of hydrogen-bond donors (Lipinski definition) is 2. The lowest BCUT2D eigenvalue weighted by atomic mass is 9.98. The molecule has 0 saturated carbocycles. The minimum atomic E-state index is -0.0821. The number of hydrogen-bond acceptors (Lipinski definition) is 4. The zero-order valence-corrected chi connectivity index (χ0v) is 12.5. The molecule has 1 aromatic rings. The van der Waals surface area contributed by atoms with Crippen molar-refractivity contribution in [3.63, 3.8) is 0 Å². The summed E-state index contributed by atoms with van der Waals surface area (Å²) in [7, 11) is 0. The highest BCUT2D eigenvalue weighted by molar-refractivity contribution is 6.04. The first kappa shape index (κ1) is 15.7. The number of Topliss-reactive ketones (excluding diaryl/α,β-unsaturated/α-hetero) is 1. The molecule has 1 heterocycles. The Morgan fingerprint density at radius 3 is 2.86 bits per heavy atom.